The van der Waals surface area contributed by atoms with Crippen LogP contribution >= 0.6 is 35.4 Å². The Hall–Kier alpha value is -1.63. The molecular formula is C18H21Cl2N5S. The van der Waals surface area contributed by atoms with E-state index in [0.29, 0.717) is 33.7 Å². The third-order valence-corrected chi connectivity index (χ3v) is 4.95. The van der Waals surface area contributed by atoms with Gasteiger partial charge >= 0.3 is 0 Å². The van der Waals surface area contributed by atoms with Gasteiger partial charge in [-0.1, -0.05) is 42.3 Å². The SMILES string of the molecule is C[C@H]1CCCN(c2cc(Cl)nc(NC(=S)NCc3ccc(Cl)cc3)n2)C1. The lowest BCUT2D eigenvalue weighted by Gasteiger charge is -2.32. The van der Waals surface area contributed by atoms with Gasteiger partial charge in [0.2, 0.25) is 5.95 Å². The highest BCUT2D eigenvalue weighted by Gasteiger charge is 2.19. The number of hydrogen-bond acceptors (Lipinski definition) is 4. The van der Waals surface area contributed by atoms with Gasteiger partial charge in [0.05, 0.1) is 0 Å². The van der Waals surface area contributed by atoms with E-state index in [2.05, 4.69) is 32.4 Å². The van der Waals surface area contributed by atoms with E-state index in [-0.39, 0.29) is 0 Å². The predicted octanol–water partition coefficient (Wildman–Crippen LogP) is 4.51. The Morgan fingerprint density at radius 1 is 1.27 bits per heavy atom. The fourth-order valence-electron chi connectivity index (χ4n) is 2.95. The monoisotopic (exact) mass is 409 g/mol. The molecule has 8 heteroatoms. The number of piperidine rings is 1. The average molecular weight is 410 g/mol. The zero-order valence-corrected chi connectivity index (χ0v) is 16.8. The van der Waals surface area contributed by atoms with Gasteiger partial charge in [0.15, 0.2) is 5.11 Å². The minimum atomic E-state index is 0.399. The first-order chi connectivity index (χ1) is 12.5. The molecule has 0 unspecified atom stereocenters. The predicted molar refractivity (Wildman–Crippen MR) is 112 cm³/mol. The molecule has 2 heterocycles. The minimum absolute atomic E-state index is 0.399. The molecule has 5 nitrogen and oxygen atoms in total. The Kier molecular flexibility index (Phi) is 6.51. The van der Waals surface area contributed by atoms with Crippen LogP contribution in [-0.2, 0) is 6.54 Å². The molecule has 1 atom stereocenters. The van der Waals surface area contributed by atoms with Gasteiger partial charge in [0.1, 0.15) is 11.0 Å². The molecule has 0 amide bonds. The van der Waals surface area contributed by atoms with E-state index in [9.17, 15) is 0 Å². The van der Waals surface area contributed by atoms with Gasteiger partial charge in [0, 0.05) is 30.7 Å². The van der Waals surface area contributed by atoms with Crippen LogP contribution in [0.5, 0.6) is 0 Å². The van der Waals surface area contributed by atoms with Crippen molar-refractivity contribution in [1.82, 2.24) is 15.3 Å². The molecule has 2 N–H and O–H groups in total. The Morgan fingerprint density at radius 2 is 2.04 bits per heavy atom. The summed E-state index contributed by atoms with van der Waals surface area (Å²) < 4.78 is 0. The number of aromatic nitrogens is 2. The normalized spacial score (nSPS) is 17.0. The molecule has 1 aliphatic rings. The molecule has 3 rings (SSSR count). The van der Waals surface area contributed by atoms with Gasteiger partial charge in [-0.15, -0.1) is 0 Å². The maximum atomic E-state index is 6.18. The van der Waals surface area contributed by atoms with Crippen LogP contribution in [0.3, 0.4) is 0 Å². The highest BCUT2D eigenvalue weighted by molar-refractivity contribution is 7.80. The van der Waals surface area contributed by atoms with Crippen molar-refractivity contribution in [2.45, 2.75) is 26.3 Å². The van der Waals surface area contributed by atoms with E-state index >= 15 is 0 Å². The van der Waals surface area contributed by atoms with Crippen molar-refractivity contribution in [3.8, 4) is 0 Å². The van der Waals surface area contributed by atoms with Gasteiger partial charge in [0.25, 0.3) is 0 Å². The van der Waals surface area contributed by atoms with Crippen molar-refractivity contribution in [3.63, 3.8) is 0 Å². The van der Waals surface area contributed by atoms with Crippen molar-refractivity contribution in [2.24, 2.45) is 5.92 Å². The molecular weight excluding hydrogens is 389 g/mol. The smallest absolute Gasteiger partial charge is 0.232 e. The molecule has 0 saturated carbocycles. The lowest BCUT2D eigenvalue weighted by molar-refractivity contribution is 0.444. The molecule has 2 aromatic rings. The highest BCUT2D eigenvalue weighted by atomic mass is 35.5. The lowest BCUT2D eigenvalue weighted by atomic mass is 10.0. The average Bonchev–Trinajstić information content (AvgIpc) is 2.61. The lowest BCUT2D eigenvalue weighted by Crippen LogP contribution is -2.35. The summed E-state index contributed by atoms with van der Waals surface area (Å²) in [6.45, 7) is 4.80. The van der Waals surface area contributed by atoms with Gasteiger partial charge < -0.3 is 15.5 Å². The van der Waals surface area contributed by atoms with Crippen molar-refractivity contribution < 1.29 is 0 Å². The van der Waals surface area contributed by atoms with Crippen LogP contribution in [0.2, 0.25) is 10.2 Å². The summed E-state index contributed by atoms with van der Waals surface area (Å²) in [5.74, 6) is 1.88. The van der Waals surface area contributed by atoms with Gasteiger partial charge in [-0.2, -0.15) is 4.98 Å². The van der Waals surface area contributed by atoms with E-state index in [4.69, 9.17) is 35.4 Å². The van der Waals surface area contributed by atoms with Crippen molar-refractivity contribution in [1.29, 1.82) is 0 Å². The third-order valence-electron chi connectivity index (χ3n) is 4.25. The number of nitrogens with zero attached hydrogens (tertiary/aromatic N) is 3. The van der Waals surface area contributed by atoms with Gasteiger partial charge in [-0.25, -0.2) is 4.98 Å². The molecule has 26 heavy (non-hydrogen) atoms. The summed E-state index contributed by atoms with van der Waals surface area (Å²) >= 11 is 17.4. The Morgan fingerprint density at radius 3 is 2.77 bits per heavy atom. The number of anilines is 2. The second-order valence-corrected chi connectivity index (χ2v) is 7.73. The Labute approximate surface area is 169 Å². The zero-order valence-electron chi connectivity index (χ0n) is 14.5. The second-order valence-electron chi connectivity index (χ2n) is 6.50. The number of rotatable bonds is 4. The molecule has 1 aliphatic heterocycles. The van der Waals surface area contributed by atoms with E-state index in [1.54, 1.807) is 6.07 Å². The first kappa shape index (κ1) is 19.1. The molecule has 0 radical (unpaired) electrons. The summed E-state index contributed by atoms with van der Waals surface area (Å²) in [5, 5.41) is 7.70. The van der Waals surface area contributed by atoms with Crippen LogP contribution in [-0.4, -0.2) is 28.2 Å². The number of hydrogen-bond donors (Lipinski definition) is 2. The highest BCUT2D eigenvalue weighted by Crippen LogP contribution is 2.24. The van der Waals surface area contributed by atoms with E-state index in [1.807, 2.05) is 24.3 Å². The van der Waals surface area contributed by atoms with Gasteiger partial charge in [-0.05, 0) is 48.7 Å². The number of nitrogens with one attached hydrogen (secondary N) is 2. The molecule has 0 bridgehead atoms. The van der Waals surface area contributed by atoms with Crippen LogP contribution in [0.1, 0.15) is 25.3 Å². The molecule has 1 aromatic heterocycles. The maximum Gasteiger partial charge on any atom is 0.232 e. The Bertz CT molecular complexity index is 769. The number of thiocarbonyl (C=S) groups is 1. The van der Waals surface area contributed by atoms with Crippen LogP contribution in [0.4, 0.5) is 11.8 Å². The van der Waals surface area contributed by atoms with E-state index in [0.717, 1.165) is 30.9 Å². The molecule has 0 aliphatic carbocycles. The summed E-state index contributed by atoms with van der Waals surface area (Å²) in [6, 6.07) is 9.39. The van der Waals surface area contributed by atoms with Crippen LogP contribution in [0.15, 0.2) is 30.3 Å². The first-order valence-corrected chi connectivity index (χ1v) is 9.75. The summed E-state index contributed by atoms with van der Waals surface area (Å²) in [4.78, 5) is 11.0. The molecule has 1 fully saturated rings. The summed E-state index contributed by atoms with van der Waals surface area (Å²) in [5.41, 5.74) is 1.08. The standard InChI is InChI=1S/C18H21Cl2N5S/c1-12-3-2-8-25(11-12)16-9-15(20)22-17(23-16)24-18(26)21-10-13-4-6-14(19)7-5-13/h4-7,9,12H,2-3,8,10-11H2,1H3,(H2,21,22,23,24,26)/t12-/m0/s1. The molecule has 0 spiro atoms. The first-order valence-electron chi connectivity index (χ1n) is 8.58. The fourth-order valence-corrected chi connectivity index (χ4v) is 3.42. The number of benzene rings is 1. The van der Waals surface area contributed by atoms with Gasteiger partial charge in [-0.3, -0.25) is 0 Å². The van der Waals surface area contributed by atoms with Crippen molar-refractivity contribution in [2.75, 3.05) is 23.3 Å². The topological polar surface area (TPSA) is 53.1 Å². The third kappa shape index (κ3) is 5.43. The Balaban J connectivity index is 1.61. The molecule has 138 valence electrons. The zero-order chi connectivity index (χ0) is 18.5. The number of halogens is 2. The fraction of sp³-hybridized carbons (Fsp3) is 0.389. The summed E-state index contributed by atoms with van der Waals surface area (Å²) in [7, 11) is 0. The molecule has 1 saturated heterocycles. The van der Waals surface area contributed by atoms with Crippen molar-refractivity contribution >= 4 is 52.3 Å². The summed E-state index contributed by atoms with van der Waals surface area (Å²) in [6.07, 6.45) is 2.41. The van der Waals surface area contributed by atoms with Crippen LogP contribution in [0, 0.1) is 5.92 Å². The minimum Gasteiger partial charge on any atom is -0.358 e. The van der Waals surface area contributed by atoms with Crippen LogP contribution in [0.25, 0.3) is 0 Å². The quantitative estimate of drug-likeness (QED) is 0.572. The van der Waals surface area contributed by atoms with Crippen LogP contribution < -0.4 is 15.5 Å². The maximum absolute atomic E-state index is 6.18. The largest absolute Gasteiger partial charge is 0.358 e. The second kappa shape index (κ2) is 8.84. The van der Waals surface area contributed by atoms with E-state index in [1.165, 1.54) is 6.42 Å². The molecule has 1 aromatic carbocycles. The van der Waals surface area contributed by atoms with Crippen molar-refractivity contribution in [3.05, 3.63) is 46.1 Å². The van der Waals surface area contributed by atoms with E-state index < -0.39 is 0 Å².